The van der Waals surface area contributed by atoms with Crippen LogP contribution in [0.4, 0.5) is 5.69 Å². The second-order valence-corrected chi connectivity index (χ2v) is 9.09. The molecular formula is C20H24ClN5O3S. The van der Waals surface area contributed by atoms with Gasteiger partial charge in [0.05, 0.1) is 10.4 Å². The molecule has 1 N–H and O–H groups in total. The van der Waals surface area contributed by atoms with Crippen molar-refractivity contribution in [2.45, 2.75) is 38.1 Å². The Morgan fingerprint density at radius 3 is 2.50 bits per heavy atom. The number of nitrogens with zero attached hydrogens (tertiary/aromatic N) is 4. The Bertz CT molecular complexity index is 1130. The van der Waals surface area contributed by atoms with Gasteiger partial charge < -0.3 is 5.32 Å². The van der Waals surface area contributed by atoms with Crippen LogP contribution in [-0.2, 0) is 21.4 Å². The number of anilines is 1. The number of carbonyl (C=O) groups excluding carboxylic acids is 1. The van der Waals surface area contributed by atoms with Crippen LogP contribution < -0.4 is 5.32 Å². The minimum atomic E-state index is -3.55. The van der Waals surface area contributed by atoms with Crippen molar-refractivity contribution < 1.29 is 13.2 Å². The molecule has 0 unspecified atom stereocenters. The maximum atomic E-state index is 12.7. The van der Waals surface area contributed by atoms with Crippen LogP contribution in [0.15, 0.2) is 47.4 Å². The molecule has 1 heterocycles. The van der Waals surface area contributed by atoms with Gasteiger partial charge in [-0.2, -0.15) is 4.31 Å². The van der Waals surface area contributed by atoms with Gasteiger partial charge in [0.25, 0.3) is 0 Å². The first-order valence-electron chi connectivity index (χ1n) is 9.74. The van der Waals surface area contributed by atoms with Gasteiger partial charge in [0.2, 0.25) is 15.9 Å². The highest BCUT2D eigenvalue weighted by Crippen LogP contribution is 2.21. The van der Waals surface area contributed by atoms with Crippen LogP contribution in [0.3, 0.4) is 0 Å². The number of fused-ring (bicyclic) bond motifs is 1. The smallest absolute Gasteiger partial charge is 0.243 e. The Hall–Kier alpha value is -2.49. The number of aromatic nitrogens is 3. The fraction of sp³-hybridized carbons (Fsp3) is 0.350. The molecule has 3 rings (SSSR count). The van der Waals surface area contributed by atoms with Crippen LogP contribution in [0.25, 0.3) is 11.0 Å². The first-order chi connectivity index (χ1) is 14.3. The molecule has 0 aliphatic rings. The lowest BCUT2D eigenvalue weighted by Gasteiger charge is -2.18. The Kier molecular flexibility index (Phi) is 7.06. The summed E-state index contributed by atoms with van der Waals surface area (Å²) in [7, 11) is -3.55. The molecule has 2 aromatic carbocycles. The van der Waals surface area contributed by atoms with E-state index in [1.54, 1.807) is 61.0 Å². The number of nitrogens with one attached hydrogen (secondary N) is 1. The fourth-order valence-corrected chi connectivity index (χ4v) is 4.74. The molecule has 0 atom stereocenters. The lowest BCUT2D eigenvalue weighted by atomic mass is 10.2. The average Bonchev–Trinajstić information content (AvgIpc) is 3.13. The highest BCUT2D eigenvalue weighted by Gasteiger charge is 2.22. The first-order valence-corrected chi connectivity index (χ1v) is 11.6. The van der Waals surface area contributed by atoms with Gasteiger partial charge in [-0.1, -0.05) is 30.7 Å². The Morgan fingerprint density at radius 1 is 1.13 bits per heavy atom. The molecule has 3 aromatic rings. The third-order valence-electron chi connectivity index (χ3n) is 4.73. The number of sulfonamides is 1. The first kappa shape index (κ1) is 22.2. The van der Waals surface area contributed by atoms with Gasteiger partial charge in [0.1, 0.15) is 5.52 Å². The van der Waals surface area contributed by atoms with Gasteiger partial charge >= 0.3 is 0 Å². The van der Waals surface area contributed by atoms with Crippen LogP contribution in [-0.4, -0.2) is 46.7 Å². The molecule has 0 saturated carbocycles. The van der Waals surface area contributed by atoms with Crippen molar-refractivity contribution in [1.82, 2.24) is 19.3 Å². The lowest BCUT2D eigenvalue weighted by Crippen LogP contribution is -2.30. The van der Waals surface area contributed by atoms with E-state index in [-0.39, 0.29) is 10.8 Å². The molecule has 0 fully saturated rings. The van der Waals surface area contributed by atoms with Crippen LogP contribution in [0.5, 0.6) is 0 Å². The summed E-state index contributed by atoms with van der Waals surface area (Å²) in [6, 6.07) is 11.7. The minimum absolute atomic E-state index is 0.102. The monoisotopic (exact) mass is 449 g/mol. The van der Waals surface area contributed by atoms with E-state index in [4.69, 9.17) is 11.6 Å². The summed E-state index contributed by atoms with van der Waals surface area (Å²) in [4.78, 5) is 12.3. The molecule has 8 nitrogen and oxygen atoms in total. The van der Waals surface area contributed by atoms with Crippen molar-refractivity contribution in [2.75, 3.05) is 18.4 Å². The summed E-state index contributed by atoms with van der Waals surface area (Å²) in [6.45, 7) is 4.91. The van der Waals surface area contributed by atoms with Crippen molar-refractivity contribution in [2.24, 2.45) is 0 Å². The number of amides is 1. The van der Waals surface area contributed by atoms with Crippen molar-refractivity contribution in [1.29, 1.82) is 0 Å². The third kappa shape index (κ3) is 4.97. The Labute approximate surface area is 180 Å². The van der Waals surface area contributed by atoms with Gasteiger partial charge in [-0.3, -0.25) is 4.79 Å². The predicted molar refractivity (Wildman–Crippen MR) is 117 cm³/mol. The normalized spacial score (nSPS) is 11.9. The van der Waals surface area contributed by atoms with Crippen molar-refractivity contribution >= 4 is 44.3 Å². The van der Waals surface area contributed by atoms with Crippen LogP contribution in [0.2, 0.25) is 5.02 Å². The van der Waals surface area contributed by atoms with Crippen LogP contribution in [0.1, 0.15) is 26.7 Å². The zero-order chi connectivity index (χ0) is 21.7. The highest BCUT2D eigenvalue weighted by atomic mass is 35.5. The van der Waals surface area contributed by atoms with E-state index in [1.807, 2.05) is 0 Å². The molecule has 10 heteroatoms. The van der Waals surface area contributed by atoms with Crippen LogP contribution in [0, 0.1) is 0 Å². The number of rotatable bonds is 9. The Balaban J connectivity index is 1.63. The molecule has 0 saturated heterocycles. The molecular weight excluding hydrogens is 426 g/mol. The standard InChI is InChI=1S/C20H24ClN5O3S/c1-3-25(4-2)30(28,29)17-11-12-19-18(14-17)23-24-26(19)13-5-6-20(27)22-16-9-7-15(21)8-10-16/h7-12,14H,3-6,13H2,1-2H3,(H,22,27). The number of benzene rings is 2. The minimum Gasteiger partial charge on any atom is -0.326 e. The summed E-state index contributed by atoms with van der Waals surface area (Å²) >= 11 is 5.84. The maximum absolute atomic E-state index is 12.7. The van der Waals surface area contributed by atoms with E-state index in [2.05, 4.69) is 15.6 Å². The molecule has 0 bridgehead atoms. The third-order valence-corrected chi connectivity index (χ3v) is 7.03. The summed E-state index contributed by atoms with van der Waals surface area (Å²) in [5.74, 6) is -0.102. The molecule has 1 aromatic heterocycles. The van der Waals surface area contributed by atoms with E-state index in [0.29, 0.717) is 48.7 Å². The average molecular weight is 450 g/mol. The van der Waals surface area contributed by atoms with E-state index in [0.717, 1.165) is 5.52 Å². The lowest BCUT2D eigenvalue weighted by molar-refractivity contribution is -0.116. The second kappa shape index (κ2) is 9.55. The highest BCUT2D eigenvalue weighted by molar-refractivity contribution is 7.89. The molecule has 30 heavy (non-hydrogen) atoms. The molecule has 0 spiro atoms. The molecule has 160 valence electrons. The summed E-state index contributed by atoms with van der Waals surface area (Å²) in [5, 5.41) is 11.6. The quantitative estimate of drug-likeness (QED) is 0.539. The van der Waals surface area contributed by atoms with E-state index >= 15 is 0 Å². The van der Waals surface area contributed by atoms with Gasteiger partial charge in [0, 0.05) is 36.8 Å². The van der Waals surface area contributed by atoms with E-state index < -0.39 is 10.0 Å². The molecule has 0 aliphatic carbocycles. The van der Waals surface area contributed by atoms with Gasteiger partial charge in [-0.15, -0.1) is 5.10 Å². The van der Waals surface area contributed by atoms with Gasteiger partial charge in [-0.05, 0) is 48.9 Å². The zero-order valence-electron chi connectivity index (χ0n) is 16.9. The predicted octanol–water partition coefficient (Wildman–Crippen LogP) is 3.53. The zero-order valence-corrected chi connectivity index (χ0v) is 18.4. The van der Waals surface area contributed by atoms with Gasteiger partial charge in [-0.25, -0.2) is 13.1 Å². The van der Waals surface area contributed by atoms with E-state index in [1.165, 1.54) is 4.31 Å². The van der Waals surface area contributed by atoms with Crippen molar-refractivity contribution in [3.8, 4) is 0 Å². The molecule has 1 amide bonds. The molecule has 0 radical (unpaired) electrons. The number of carbonyl (C=O) groups is 1. The summed E-state index contributed by atoms with van der Waals surface area (Å²) in [5.41, 5.74) is 1.93. The number of halogens is 1. The topological polar surface area (TPSA) is 97.2 Å². The number of hydrogen-bond donors (Lipinski definition) is 1. The number of hydrogen-bond acceptors (Lipinski definition) is 5. The number of aryl methyl sites for hydroxylation is 1. The van der Waals surface area contributed by atoms with Crippen molar-refractivity contribution in [3.05, 3.63) is 47.5 Å². The van der Waals surface area contributed by atoms with Crippen molar-refractivity contribution in [3.63, 3.8) is 0 Å². The fourth-order valence-electron chi connectivity index (χ4n) is 3.14. The van der Waals surface area contributed by atoms with Crippen LogP contribution >= 0.6 is 11.6 Å². The summed E-state index contributed by atoms with van der Waals surface area (Å²) < 4.78 is 28.4. The Morgan fingerprint density at radius 2 is 1.83 bits per heavy atom. The largest absolute Gasteiger partial charge is 0.326 e. The maximum Gasteiger partial charge on any atom is 0.243 e. The summed E-state index contributed by atoms with van der Waals surface area (Å²) in [6.07, 6.45) is 0.885. The molecule has 0 aliphatic heterocycles. The van der Waals surface area contributed by atoms with E-state index in [9.17, 15) is 13.2 Å². The second-order valence-electron chi connectivity index (χ2n) is 6.71. The van der Waals surface area contributed by atoms with Gasteiger partial charge in [0.15, 0.2) is 0 Å². The SMILES string of the molecule is CCN(CC)S(=O)(=O)c1ccc2c(c1)nnn2CCCC(=O)Nc1ccc(Cl)cc1.